The minimum absolute atomic E-state index is 0.125. The molecule has 21 heavy (non-hydrogen) atoms. The molecule has 1 aliphatic rings. The third kappa shape index (κ3) is 2.68. The molecule has 0 unspecified atom stereocenters. The van der Waals surface area contributed by atoms with Gasteiger partial charge in [0.05, 0.1) is 5.69 Å². The largest absolute Gasteiger partial charge is 0.369 e. The van der Waals surface area contributed by atoms with Gasteiger partial charge in [0.2, 0.25) is 0 Å². The summed E-state index contributed by atoms with van der Waals surface area (Å²) in [5.41, 5.74) is 2.48. The van der Waals surface area contributed by atoms with Crippen LogP contribution < -0.4 is 4.90 Å². The number of carbonyl (C=O) groups is 1. The lowest BCUT2D eigenvalue weighted by molar-refractivity contribution is 0.103. The van der Waals surface area contributed by atoms with E-state index in [0.717, 1.165) is 31.5 Å². The highest BCUT2D eigenvalue weighted by molar-refractivity contribution is 6.10. The summed E-state index contributed by atoms with van der Waals surface area (Å²) >= 11 is 0. The number of aryl methyl sites for hydroxylation is 1. The molecule has 0 amide bonds. The monoisotopic (exact) mass is 283 g/mol. The molecule has 0 spiro atoms. The van der Waals surface area contributed by atoms with Crippen molar-refractivity contribution in [2.24, 2.45) is 0 Å². The minimum atomic E-state index is -0.304. The van der Waals surface area contributed by atoms with E-state index >= 15 is 0 Å². The van der Waals surface area contributed by atoms with Crippen molar-refractivity contribution in [3.8, 4) is 0 Å². The van der Waals surface area contributed by atoms with E-state index in [1.807, 2.05) is 25.1 Å². The van der Waals surface area contributed by atoms with E-state index in [9.17, 15) is 9.18 Å². The summed E-state index contributed by atoms with van der Waals surface area (Å²) in [5.74, 6) is -0.429. The molecule has 0 atom stereocenters. The molecule has 3 heteroatoms. The van der Waals surface area contributed by atoms with Crippen molar-refractivity contribution in [2.45, 2.75) is 19.8 Å². The highest BCUT2D eigenvalue weighted by Gasteiger charge is 2.20. The van der Waals surface area contributed by atoms with E-state index < -0.39 is 0 Å². The number of carbonyl (C=O) groups excluding carboxylic acids is 1. The highest BCUT2D eigenvalue weighted by Crippen LogP contribution is 2.27. The Bertz CT molecular complexity index is 660. The molecular weight excluding hydrogens is 265 g/mol. The van der Waals surface area contributed by atoms with Gasteiger partial charge in [0.1, 0.15) is 5.82 Å². The van der Waals surface area contributed by atoms with Gasteiger partial charge in [-0.2, -0.15) is 0 Å². The zero-order chi connectivity index (χ0) is 14.8. The van der Waals surface area contributed by atoms with Crippen LogP contribution in [-0.2, 0) is 0 Å². The molecular formula is C18H18FNO. The van der Waals surface area contributed by atoms with Gasteiger partial charge >= 0.3 is 0 Å². The smallest absolute Gasteiger partial charge is 0.193 e. The fourth-order valence-electron chi connectivity index (χ4n) is 2.86. The normalized spacial score (nSPS) is 14.5. The second-order valence-corrected chi connectivity index (χ2v) is 5.51. The summed E-state index contributed by atoms with van der Waals surface area (Å²) < 4.78 is 14.4. The predicted octanol–water partition coefficient (Wildman–Crippen LogP) is 3.97. The molecule has 0 saturated carbocycles. The number of hydrogen-bond acceptors (Lipinski definition) is 2. The van der Waals surface area contributed by atoms with Gasteiger partial charge in [-0.25, -0.2) is 4.39 Å². The summed E-state index contributed by atoms with van der Waals surface area (Å²) in [5, 5.41) is 0. The van der Waals surface area contributed by atoms with Crippen LogP contribution in [0.4, 0.5) is 10.1 Å². The average molecular weight is 283 g/mol. The molecule has 0 aliphatic carbocycles. The van der Waals surface area contributed by atoms with Gasteiger partial charge < -0.3 is 4.90 Å². The Morgan fingerprint density at radius 1 is 1.10 bits per heavy atom. The molecule has 2 nitrogen and oxygen atoms in total. The van der Waals surface area contributed by atoms with Gasteiger partial charge in [-0.1, -0.05) is 30.3 Å². The maximum atomic E-state index is 14.4. The number of nitrogens with zero attached hydrogens (tertiary/aromatic N) is 1. The Kier molecular flexibility index (Phi) is 3.74. The van der Waals surface area contributed by atoms with Crippen molar-refractivity contribution in [2.75, 3.05) is 18.0 Å². The third-order valence-electron chi connectivity index (χ3n) is 4.02. The third-order valence-corrected chi connectivity index (χ3v) is 4.02. The zero-order valence-electron chi connectivity index (χ0n) is 12.1. The van der Waals surface area contributed by atoms with E-state index in [2.05, 4.69) is 4.90 Å². The second kappa shape index (κ2) is 5.68. The summed E-state index contributed by atoms with van der Waals surface area (Å²) in [6.45, 7) is 3.65. The van der Waals surface area contributed by atoms with E-state index in [0.29, 0.717) is 16.8 Å². The fraction of sp³-hybridized carbons (Fsp3) is 0.278. The first-order chi connectivity index (χ1) is 10.2. The van der Waals surface area contributed by atoms with Crippen molar-refractivity contribution >= 4 is 11.5 Å². The van der Waals surface area contributed by atoms with Gasteiger partial charge in [0.25, 0.3) is 0 Å². The van der Waals surface area contributed by atoms with Gasteiger partial charge in [0, 0.05) is 24.2 Å². The van der Waals surface area contributed by atoms with Crippen LogP contribution in [0.3, 0.4) is 0 Å². The highest BCUT2D eigenvalue weighted by atomic mass is 19.1. The van der Waals surface area contributed by atoms with Crippen LogP contribution in [-0.4, -0.2) is 18.9 Å². The van der Waals surface area contributed by atoms with Crippen LogP contribution in [0.2, 0.25) is 0 Å². The molecule has 1 heterocycles. The van der Waals surface area contributed by atoms with Crippen molar-refractivity contribution in [1.82, 2.24) is 0 Å². The number of ketones is 1. The molecule has 108 valence electrons. The lowest BCUT2D eigenvalue weighted by Gasteiger charge is -2.20. The van der Waals surface area contributed by atoms with E-state index in [-0.39, 0.29) is 11.6 Å². The standard InChI is InChI=1S/C18H18FNO/c1-13-11-17(20-9-5-6-10-20)16(19)12-15(13)18(21)14-7-3-2-4-8-14/h2-4,7-8,11-12H,5-6,9-10H2,1H3. The number of anilines is 1. The summed E-state index contributed by atoms with van der Waals surface area (Å²) in [7, 11) is 0. The topological polar surface area (TPSA) is 20.3 Å². The van der Waals surface area contributed by atoms with Crippen molar-refractivity contribution in [3.63, 3.8) is 0 Å². The first-order valence-electron chi connectivity index (χ1n) is 7.31. The minimum Gasteiger partial charge on any atom is -0.369 e. The summed E-state index contributed by atoms with van der Waals surface area (Å²) in [6, 6.07) is 12.2. The van der Waals surface area contributed by atoms with Gasteiger partial charge in [0.15, 0.2) is 5.78 Å². The molecule has 3 rings (SSSR count). The molecule has 1 fully saturated rings. The molecule has 0 N–H and O–H groups in total. The summed E-state index contributed by atoms with van der Waals surface area (Å²) in [4.78, 5) is 14.5. The van der Waals surface area contributed by atoms with Crippen LogP contribution in [0.5, 0.6) is 0 Å². The molecule has 2 aromatic rings. The van der Waals surface area contributed by atoms with E-state index in [1.54, 1.807) is 18.2 Å². The Hall–Kier alpha value is -2.16. The predicted molar refractivity (Wildman–Crippen MR) is 82.5 cm³/mol. The average Bonchev–Trinajstić information content (AvgIpc) is 3.03. The van der Waals surface area contributed by atoms with Crippen LogP contribution in [0.25, 0.3) is 0 Å². The van der Waals surface area contributed by atoms with Gasteiger partial charge in [-0.15, -0.1) is 0 Å². The quantitative estimate of drug-likeness (QED) is 0.795. The SMILES string of the molecule is Cc1cc(N2CCCC2)c(F)cc1C(=O)c1ccccc1. The molecule has 1 aliphatic heterocycles. The van der Waals surface area contributed by atoms with Crippen molar-refractivity contribution in [3.05, 3.63) is 65.0 Å². The lowest BCUT2D eigenvalue weighted by atomic mass is 9.98. The number of rotatable bonds is 3. The molecule has 2 aromatic carbocycles. The van der Waals surface area contributed by atoms with Crippen molar-refractivity contribution in [1.29, 1.82) is 0 Å². The van der Waals surface area contributed by atoms with Crippen LogP contribution in [0.1, 0.15) is 34.3 Å². The maximum Gasteiger partial charge on any atom is 0.193 e. The van der Waals surface area contributed by atoms with Crippen LogP contribution in [0, 0.1) is 12.7 Å². The first kappa shape index (κ1) is 13.8. The van der Waals surface area contributed by atoms with Crippen molar-refractivity contribution < 1.29 is 9.18 Å². The second-order valence-electron chi connectivity index (χ2n) is 5.51. The Morgan fingerprint density at radius 2 is 1.76 bits per heavy atom. The molecule has 1 saturated heterocycles. The van der Waals surface area contributed by atoms with Crippen LogP contribution in [0.15, 0.2) is 42.5 Å². The Balaban J connectivity index is 1.97. The fourth-order valence-corrected chi connectivity index (χ4v) is 2.86. The van der Waals surface area contributed by atoms with Crippen LogP contribution >= 0.6 is 0 Å². The Labute approximate surface area is 124 Å². The van der Waals surface area contributed by atoms with E-state index in [4.69, 9.17) is 0 Å². The summed E-state index contributed by atoms with van der Waals surface area (Å²) in [6.07, 6.45) is 2.20. The first-order valence-corrected chi connectivity index (χ1v) is 7.31. The molecule has 0 radical (unpaired) electrons. The number of hydrogen-bond donors (Lipinski definition) is 0. The van der Waals surface area contributed by atoms with Gasteiger partial charge in [-0.3, -0.25) is 4.79 Å². The van der Waals surface area contributed by atoms with E-state index in [1.165, 1.54) is 6.07 Å². The number of benzene rings is 2. The Morgan fingerprint density at radius 3 is 2.43 bits per heavy atom. The molecule has 0 bridgehead atoms. The number of halogens is 1. The zero-order valence-corrected chi connectivity index (χ0v) is 12.1. The lowest BCUT2D eigenvalue weighted by Crippen LogP contribution is -2.19. The van der Waals surface area contributed by atoms with Gasteiger partial charge in [-0.05, 0) is 37.5 Å². The molecule has 0 aromatic heterocycles. The maximum absolute atomic E-state index is 14.4.